The van der Waals surface area contributed by atoms with Crippen molar-refractivity contribution in [1.82, 2.24) is 20.6 Å². The van der Waals surface area contributed by atoms with Crippen LogP contribution in [0.15, 0.2) is 54.6 Å². The lowest BCUT2D eigenvalue weighted by atomic mass is 9.95. The van der Waals surface area contributed by atoms with Gasteiger partial charge in [0.05, 0.1) is 5.69 Å². The number of nitrogens with one attached hydrogen (secondary N) is 2. The Labute approximate surface area is 175 Å². The fourth-order valence-electron chi connectivity index (χ4n) is 2.97. The molecule has 1 fully saturated rings. The summed E-state index contributed by atoms with van der Waals surface area (Å²) >= 11 is 18.3. The first-order chi connectivity index (χ1) is 13.5. The van der Waals surface area contributed by atoms with Gasteiger partial charge in [0.15, 0.2) is 0 Å². The van der Waals surface area contributed by atoms with Gasteiger partial charge in [0.2, 0.25) is 0 Å². The molecule has 2 heterocycles. The topological polar surface area (TPSA) is 78.1 Å². The van der Waals surface area contributed by atoms with Gasteiger partial charge in [-0.1, -0.05) is 53.5 Å². The normalized spacial score (nSPS) is 18.7. The van der Waals surface area contributed by atoms with Gasteiger partial charge in [-0.2, -0.15) is 5.10 Å². The van der Waals surface area contributed by atoms with Crippen molar-refractivity contribution in [2.45, 2.75) is 11.4 Å². The second kappa shape index (κ2) is 7.47. The third kappa shape index (κ3) is 3.35. The second-order valence-corrected chi connectivity index (χ2v) is 7.50. The number of hydrogen-bond donors (Lipinski definition) is 2. The van der Waals surface area contributed by atoms with Gasteiger partial charge in [-0.15, -0.1) is 11.6 Å². The monoisotopic (exact) mass is 434 g/mol. The molecule has 4 rings (SSSR count). The molecule has 0 spiro atoms. The summed E-state index contributed by atoms with van der Waals surface area (Å²) in [6, 6.07) is 15.1. The molecule has 142 valence electrons. The van der Waals surface area contributed by atoms with E-state index in [9.17, 15) is 9.59 Å². The van der Waals surface area contributed by atoms with Crippen molar-refractivity contribution in [2.75, 3.05) is 0 Å². The average Bonchev–Trinajstić information content (AvgIpc) is 3.19. The molecule has 3 aromatic rings. The molecule has 0 radical (unpaired) electrons. The predicted molar refractivity (Wildman–Crippen MR) is 107 cm³/mol. The van der Waals surface area contributed by atoms with E-state index < -0.39 is 23.2 Å². The van der Waals surface area contributed by atoms with Crippen molar-refractivity contribution in [3.8, 4) is 11.3 Å². The molecule has 2 amide bonds. The summed E-state index contributed by atoms with van der Waals surface area (Å²) in [5.41, 5.74) is 4.82. The van der Waals surface area contributed by atoms with Crippen LogP contribution in [0.5, 0.6) is 0 Å². The molecule has 0 unspecified atom stereocenters. The van der Waals surface area contributed by atoms with Gasteiger partial charge in [0.1, 0.15) is 17.1 Å². The third-order valence-electron chi connectivity index (χ3n) is 4.44. The highest BCUT2D eigenvalue weighted by Gasteiger charge is 2.49. The molecule has 0 bridgehead atoms. The molecular weight excluding hydrogens is 423 g/mol. The van der Waals surface area contributed by atoms with E-state index >= 15 is 0 Å². The van der Waals surface area contributed by atoms with E-state index in [2.05, 4.69) is 15.6 Å². The van der Waals surface area contributed by atoms with Crippen molar-refractivity contribution in [1.29, 1.82) is 0 Å². The number of H-pyrrole nitrogens is 1. The number of β-lactam (4-membered cyclic amide) rings is 1. The summed E-state index contributed by atoms with van der Waals surface area (Å²) < 4.78 is 0. The molecule has 0 saturated carbocycles. The zero-order valence-electron chi connectivity index (χ0n) is 14.2. The molecule has 1 aliphatic rings. The summed E-state index contributed by atoms with van der Waals surface area (Å²) in [4.78, 5) is 24.8. The maximum atomic E-state index is 12.6. The van der Waals surface area contributed by atoms with E-state index in [0.717, 1.165) is 5.56 Å². The Hall–Kier alpha value is -2.54. The molecule has 9 heteroatoms. The number of hydrazine groups is 1. The number of nitrogens with zero attached hydrogens (tertiary/aromatic N) is 2. The lowest BCUT2D eigenvalue weighted by molar-refractivity contribution is -0.149. The van der Waals surface area contributed by atoms with Crippen LogP contribution in [0.25, 0.3) is 11.3 Å². The maximum absolute atomic E-state index is 12.6. The summed E-state index contributed by atoms with van der Waals surface area (Å²) in [7, 11) is 0. The highest BCUT2D eigenvalue weighted by molar-refractivity contribution is 6.35. The van der Waals surface area contributed by atoms with Gasteiger partial charge < -0.3 is 0 Å². The Morgan fingerprint density at radius 1 is 1.11 bits per heavy atom. The molecule has 28 heavy (non-hydrogen) atoms. The number of benzene rings is 2. The van der Waals surface area contributed by atoms with Gasteiger partial charge in [-0.25, -0.2) is 5.01 Å². The van der Waals surface area contributed by atoms with E-state index in [0.29, 0.717) is 21.3 Å². The number of amides is 2. The summed E-state index contributed by atoms with van der Waals surface area (Å²) in [5.74, 6) is -0.918. The van der Waals surface area contributed by atoms with Crippen molar-refractivity contribution in [3.63, 3.8) is 0 Å². The Morgan fingerprint density at radius 2 is 1.82 bits per heavy atom. The van der Waals surface area contributed by atoms with Crippen molar-refractivity contribution < 1.29 is 9.59 Å². The third-order valence-corrected chi connectivity index (χ3v) is 5.46. The van der Waals surface area contributed by atoms with Crippen LogP contribution in [0.2, 0.25) is 10.0 Å². The molecule has 1 aliphatic heterocycles. The van der Waals surface area contributed by atoms with Gasteiger partial charge in [-0.05, 0) is 29.8 Å². The first kappa shape index (κ1) is 18.8. The van der Waals surface area contributed by atoms with Crippen molar-refractivity contribution >= 4 is 46.6 Å². The van der Waals surface area contributed by atoms with Crippen LogP contribution in [0.3, 0.4) is 0 Å². The quantitative estimate of drug-likeness (QED) is 0.476. The van der Waals surface area contributed by atoms with Crippen LogP contribution in [0.4, 0.5) is 0 Å². The lowest BCUT2D eigenvalue weighted by Gasteiger charge is -2.44. The molecule has 2 aromatic carbocycles. The number of aromatic amines is 1. The minimum atomic E-state index is -0.799. The van der Waals surface area contributed by atoms with Gasteiger partial charge in [-0.3, -0.25) is 20.1 Å². The first-order valence-electron chi connectivity index (χ1n) is 8.29. The summed E-state index contributed by atoms with van der Waals surface area (Å²) in [5, 5.41) is 8.27. The van der Waals surface area contributed by atoms with Crippen LogP contribution in [-0.2, 0) is 4.79 Å². The number of hydrogen-bond acceptors (Lipinski definition) is 3. The SMILES string of the molecule is O=C(NN1C(=O)[C@H](Cl)[C@H]1c1ccccc1Cl)c1cc(-c2ccc(Cl)cc2)n[nH]1. The summed E-state index contributed by atoms with van der Waals surface area (Å²) in [6.45, 7) is 0. The number of carbonyl (C=O) groups excluding carboxylic acids is 2. The molecule has 2 N–H and O–H groups in total. The smallest absolute Gasteiger partial charge is 0.272 e. The molecule has 1 saturated heterocycles. The van der Waals surface area contributed by atoms with Crippen LogP contribution in [0.1, 0.15) is 22.1 Å². The molecule has 1 aromatic heterocycles. The Balaban J connectivity index is 1.52. The molecule has 2 atom stereocenters. The number of carbonyl (C=O) groups is 2. The minimum absolute atomic E-state index is 0.202. The van der Waals surface area contributed by atoms with E-state index in [4.69, 9.17) is 34.8 Å². The fraction of sp³-hybridized carbons (Fsp3) is 0.105. The van der Waals surface area contributed by atoms with E-state index in [1.54, 1.807) is 54.6 Å². The highest BCUT2D eigenvalue weighted by Crippen LogP contribution is 2.40. The molecule has 0 aliphatic carbocycles. The number of aromatic nitrogens is 2. The van der Waals surface area contributed by atoms with Crippen LogP contribution in [0, 0.1) is 0 Å². The maximum Gasteiger partial charge on any atom is 0.287 e. The zero-order valence-corrected chi connectivity index (χ0v) is 16.5. The highest BCUT2D eigenvalue weighted by atomic mass is 35.5. The van der Waals surface area contributed by atoms with Crippen molar-refractivity contribution in [3.05, 3.63) is 75.9 Å². The van der Waals surface area contributed by atoms with Crippen LogP contribution >= 0.6 is 34.8 Å². The Morgan fingerprint density at radius 3 is 2.54 bits per heavy atom. The number of halogens is 3. The van der Waals surface area contributed by atoms with Crippen LogP contribution < -0.4 is 5.43 Å². The Kier molecular flexibility index (Phi) is 5.02. The first-order valence-corrected chi connectivity index (χ1v) is 9.49. The molecular formula is C19H13Cl3N4O2. The van der Waals surface area contributed by atoms with Gasteiger partial charge in [0.25, 0.3) is 11.8 Å². The van der Waals surface area contributed by atoms with Gasteiger partial charge >= 0.3 is 0 Å². The summed E-state index contributed by atoms with van der Waals surface area (Å²) in [6.07, 6.45) is 0. The Bertz CT molecular complexity index is 1050. The second-order valence-electron chi connectivity index (χ2n) is 6.19. The average molecular weight is 436 g/mol. The zero-order chi connectivity index (χ0) is 19.8. The number of rotatable bonds is 4. The fourth-order valence-corrected chi connectivity index (χ4v) is 3.69. The van der Waals surface area contributed by atoms with E-state index in [1.807, 2.05) is 0 Å². The molecule has 6 nitrogen and oxygen atoms in total. The van der Waals surface area contributed by atoms with Crippen LogP contribution in [-0.4, -0.2) is 32.4 Å². The largest absolute Gasteiger partial charge is 0.287 e. The predicted octanol–water partition coefficient (Wildman–Crippen LogP) is 4.22. The van der Waals surface area contributed by atoms with E-state index in [1.165, 1.54) is 5.01 Å². The van der Waals surface area contributed by atoms with E-state index in [-0.39, 0.29) is 5.69 Å². The minimum Gasteiger partial charge on any atom is -0.272 e. The van der Waals surface area contributed by atoms with Crippen molar-refractivity contribution in [2.24, 2.45) is 0 Å². The van der Waals surface area contributed by atoms with Gasteiger partial charge in [0, 0.05) is 15.6 Å². The standard InChI is InChI=1S/C19H13Cl3N4O2/c20-11-7-5-10(6-8-11)14-9-15(24-23-14)18(27)25-26-17(16(22)19(26)28)12-3-1-2-4-13(12)21/h1-9,16-17H,(H,23,24)(H,25,27)/t16-,17-/m1/s1. The lowest BCUT2D eigenvalue weighted by Crippen LogP contribution is -2.63. The number of alkyl halides is 1.